The molecule has 0 saturated carbocycles. The van der Waals surface area contributed by atoms with Gasteiger partial charge in [0.2, 0.25) is 0 Å². The second-order valence-corrected chi connectivity index (χ2v) is 9.73. The number of rotatable bonds is 3. The molecule has 1 saturated heterocycles. The van der Waals surface area contributed by atoms with E-state index < -0.39 is 17.4 Å². The van der Waals surface area contributed by atoms with Gasteiger partial charge in [-0.2, -0.15) is 0 Å². The van der Waals surface area contributed by atoms with E-state index in [0.717, 1.165) is 16.9 Å². The molecule has 36 heavy (non-hydrogen) atoms. The zero-order chi connectivity index (χ0) is 25.6. The lowest BCUT2D eigenvalue weighted by atomic mass is 9.98. The van der Waals surface area contributed by atoms with Crippen molar-refractivity contribution in [2.24, 2.45) is 0 Å². The van der Waals surface area contributed by atoms with Crippen LogP contribution in [0.4, 0.5) is 31.2 Å². The number of ether oxygens (including phenoxy) is 1. The Bertz CT molecular complexity index is 1340. The van der Waals surface area contributed by atoms with Gasteiger partial charge in [-0.3, -0.25) is 9.80 Å². The minimum absolute atomic E-state index is 0.0753. The average Bonchev–Trinajstić information content (AvgIpc) is 3.41. The molecule has 0 aliphatic carbocycles. The lowest BCUT2D eigenvalue weighted by molar-refractivity contribution is 0.0591. The summed E-state index contributed by atoms with van der Waals surface area (Å²) in [6.45, 7) is 10.2. The number of nitrogens with zero attached hydrogens (tertiary/aromatic N) is 6. The Hall–Kier alpha value is -3.89. The molecule has 1 fully saturated rings. The molecule has 10 nitrogen and oxygen atoms in total. The number of hydrogen-bond acceptors (Lipinski definition) is 6. The van der Waals surface area contributed by atoms with Gasteiger partial charge in [-0.15, -0.1) is 0 Å². The van der Waals surface area contributed by atoms with Crippen LogP contribution in [0.25, 0.3) is 5.65 Å². The highest BCUT2D eigenvalue weighted by molar-refractivity contribution is 6.03. The van der Waals surface area contributed by atoms with Crippen molar-refractivity contribution in [3.05, 3.63) is 47.8 Å². The molecule has 3 aromatic rings. The van der Waals surface area contributed by atoms with Crippen LogP contribution in [0.5, 0.6) is 0 Å². The van der Waals surface area contributed by atoms with E-state index in [1.165, 1.54) is 12.3 Å². The Morgan fingerprint density at radius 2 is 2.03 bits per heavy atom. The van der Waals surface area contributed by atoms with Gasteiger partial charge in [0.05, 0.1) is 23.5 Å². The number of piperazine rings is 1. The summed E-state index contributed by atoms with van der Waals surface area (Å²) in [5.74, 6) is 0.0138. The first-order valence-electron chi connectivity index (χ1n) is 12.1. The van der Waals surface area contributed by atoms with Crippen LogP contribution in [0.3, 0.4) is 0 Å². The highest BCUT2D eigenvalue weighted by Crippen LogP contribution is 2.36. The number of halogens is 1. The maximum Gasteiger partial charge on any atom is 0.410 e. The molecule has 0 radical (unpaired) electrons. The van der Waals surface area contributed by atoms with Gasteiger partial charge in [-0.25, -0.2) is 23.9 Å². The summed E-state index contributed by atoms with van der Waals surface area (Å²) < 4.78 is 21.6. The number of urea groups is 1. The van der Waals surface area contributed by atoms with Gasteiger partial charge in [0.1, 0.15) is 11.5 Å². The first kappa shape index (κ1) is 23.8. The van der Waals surface area contributed by atoms with Crippen molar-refractivity contribution in [1.29, 1.82) is 0 Å². The predicted octanol–water partition coefficient (Wildman–Crippen LogP) is 3.83. The van der Waals surface area contributed by atoms with E-state index in [1.54, 1.807) is 33.5 Å². The van der Waals surface area contributed by atoms with E-state index in [0.29, 0.717) is 50.7 Å². The molecule has 5 heterocycles. The lowest BCUT2D eigenvalue weighted by Crippen LogP contribution is -2.61. The minimum atomic E-state index is -0.552. The predicted molar refractivity (Wildman–Crippen MR) is 134 cm³/mol. The van der Waals surface area contributed by atoms with Crippen molar-refractivity contribution in [1.82, 2.24) is 19.3 Å². The Morgan fingerprint density at radius 3 is 2.78 bits per heavy atom. The van der Waals surface area contributed by atoms with Gasteiger partial charge in [0.25, 0.3) is 0 Å². The molecule has 190 valence electrons. The van der Waals surface area contributed by atoms with Gasteiger partial charge < -0.3 is 19.4 Å². The maximum atomic E-state index is 14.6. The van der Waals surface area contributed by atoms with Crippen LogP contribution >= 0.6 is 0 Å². The number of fused-ring (bicyclic) bond motifs is 2. The molecule has 0 aromatic carbocycles. The number of hydrogen-bond donors (Lipinski definition) is 1. The highest BCUT2D eigenvalue weighted by Gasteiger charge is 2.39. The zero-order valence-corrected chi connectivity index (χ0v) is 20.9. The van der Waals surface area contributed by atoms with Crippen LogP contribution in [-0.4, -0.2) is 69.7 Å². The first-order chi connectivity index (χ1) is 17.2. The summed E-state index contributed by atoms with van der Waals surface area (Å²) >= 11 is 0. The molecule has 3 amide bonds. The second kappa shape index (κ2) is 8.96. The van der Waals surface area contributed by atoms with E-state index in [9.17, 15) is 14.0 Å². The zero-order valence-electron chi connectivity index (χ0n) is 20.9. The van der Waals surface area contributed by atoms with Gasteiger partial charge in [-0.1, -0.05) is 0 Å². The van der Waals surface area contributed by atoms with Gasteiger partial charge in [0.15, 0.2) is 5.82 Å². The summed E-state index contributed by atoms with van der Waals surface area (Å²) in [6, 6.07) is 2.81. The van der Waals surface area contributed by atoms with Gasteiger partial charge in [0, 0.05) is 62.1 Å². The summed E-state index contributed by atoms with van der Waals surface area (Å²) in [5.41, 5.74) is 2.84. The highest BCUT2D eigenvalue weighted by atomic mass is 19.1. The number of aromatic nitrogens is 3. The van der Waals surface area contributed by atoms with E-state index in [-0.39, 0.29) is 11.8 Å². The third-order valence-corrected chi connectivity index (χ3v) is 6.73. The van der Waals surface area contributed by atoms with E-state index in [4.69, 9.17) is 4.74 Å². The fourth-order valence-electron chi connectivity index (χ4n) is 5.08. The smallest absolute Gasteiger partial charge is 0.410 e. The first-order valence-corrected chi connectivity index (χ1v) is 12.1. The maximum absolute atomic E-state index is 14.6. The molecule has 3 aromatic heterocycles. The number of anilines is 3. The molecule has 1 N–H and O–H groups in total. The molecule has 2 aliphatic rings. The summed E-state index contributed by atoms with van der Waals surface area (Å²) in [4.78, 5) is 39.8. The SMILES string of the molecule is CCOC(=O)N1CCN(c2ccnc3c2CCN3C(=O)Nc2cn3cc(C)nc3cc2F)CC1(C)C. The third-order valence-electron chi connectivity index (χ3n) is 6.73. The van der Waals surface area contributed by atoms with Crippen molar-refractivity contribution in [2.45, 2.75) is 39.7 Å². The van der Waals surface area contributed by atoms with E-state index >= 15 is 0 Å². The topological polar surface area (TPSA) is 95.3 Å². The van der Waals surface area contributed by atoms with Crippen LogP contribution in [0.1, 0.15) is 32.0 Å². The molecular weight excluding hydrogens is 465 g/mol. The Kier molecular flexibility index (Phi) is 5.93. The minimum Gasteiger partial charge on any atom is -0.450 e. The quantitative estimate of drug-likeness (QED) is 0.594. The van der Waals surface area contributed by atoms with E-state index in [2.05, 4.69) is 20.2 Å². The van der Waals surface area contributed by atoms with Crippen molar-refractivity contribution >= 4 is 35.0 Å². The summed E-state index contributed by atoms with van der Waals surface area (Å²) in [5, 5.41) is 2.69. The van der Waals surface area contributed by atoms with Crippen LogP contribution in [0.2, 0.25) is 0 Å². The lowest BCUT2D eigenvalue weighted by Gasteiger charge is -2.47. The number of pyridine rings is 2. The second-order valence-electron chi connectivity index (χ2n) is 9.73. The summed E-state index contributed by atoms with van der Waals surface area (Å²) in [7, 11) is 0. The molecule has 0 atom stereocenters. The number of nitrogens with one attached hydrogen (secondary N) is 1. The molecular formula is C25H30FN7O3. The van der Waals surface area contributed by atoms with Gasteiger partial charge >= 0.3 is 12.1 Å². The molecule has 0 spiro atoms. The fraction of sp³-hybridized carbons (Fsp3) is 0.440. The average molecular weight is 496 g/mol. The molecule has 0 bridgehead atoms. The number of carbonyl (C=O) groups is 2. The number of imidazole rings is 1. The third kappa shape index (κ3) is 4.18. The van der Waals surface area contributed by atoms with Gasteiger partial charge in [-0.05, 0) is 40.2 Å². The summed E-state index contributed by atoms with van der Waals surface area (Å²) in [6.07, 6.45) is 5.31. The molecule has 5 rings (SSSR count). The van der Waals surface area contributed by atoms with Crippen LogP contribution in [0, 0.1) is 12.7 Å². The van der Waals surface area contributed by atoms with Crippen molar-refractivity contribution in [2.75, 3.05) is 47.9 Å². The van der Waals surface area contributed by atoms with Crippen molar-refractivity contribution in [3.8, 4) is 0 Å². The number of amides is 3. The Balaban J connectivity index is 1.35. The van der Waals surface area contributed by atoms with E-state index in [1.807, 2.05) is 26.8 Å². The molecule has 11 heteroatoms. The Labute approximate surface area is 208 Å². The molecule has 2 aliphatic heterocycles. The van der Waals surface area contributed by atoms with Crippen molar-refractivity contribution in [3.63, 3.8) is 0 Å². The number of aryl methyl sites for hydroxylation is 1. The fourth-order valence-corrected chi connectivity index (χ4v) is 5.08. The van der Waals surface area contributed by atoms with Crippen LogP contribution in [0.15, 0.2) is 30.7 Å². The molecule has 0 unspecified atom stereocenters. The van der Waals surface area contributed by atoms with Crippen LogP contribution < -0.4 is 15.1 Å². The standard InChI is InChI=1S/C25H30FN7O3/c1-5-36-24(35)33-11-10-30(15-25(33,3)4)20-6-8-27-22-17(20)7-9-32(22)23(34)29-19-14-31-13-16(2)28-21(31)12-18(19)26/h6,8,12-14H,5,7,9-11,15H2,1-4H3,(H,29,34). The largest absolute Gasteiger partial charge is 0.450 e. The normalized spacial score (nSPS) is 16.9. The monoisotopic (exact) mass is 495 g/mol. The van der Waals surface area contributed by atoms with Crippen molar-refractivity contribution < 1.29 is 18.7 Å². The number of carbonyl (C=O) groups excluding carboxylic acids is 2. The van der Waals surface area contributed by atoms with Crippen LogP contribution in [-0.2, 0) is 11.2 Å². The Morgan fingerprint density at radius 1 is 1.22 bits per heavy atom.